The van der Waals surface area contributed by atoms with E-state index in [2.05, 4.69) is 10.2 Å². The Morgan fingerprint density at radius 3 is 2.93 bits per heavy atom. The van der Waals surface area contributed by atoms with Gasteiger partial charge in [0.15, 0.2) is 0 Å². The Hall–Kier alpha value is -1.29. The lowest BCUT2D eigenvalue weighted by atomic mass is 10.3. The van der Waals surface area contributed by atoms with E-state index in [1.807, 2.05) is 6.92 Å². The molecule has 0 N–H and O–H groups in total. The molecular weight excluding hydrogens is 204 g/mol. The summed E-state index contributed by atoms with van der Waals surface area (Å²) in [7, 11) is 0. The van der Waals surface area contributed by atoms with Gasteiger partial charge in [-0.3, -0.25) is 0 Å². The van der Waals surface area contributed by atoms with Gasteiger partial charge in [-0.25, -0.2) is 0 Å². The van der Waals surface area contributed by atoms with Gasteiger partial charge in [0.1, 0.15) is 5.76 Å². The van der Waals surface area contributed by atoms with E-state index in [1.165, 1.54) is 0 Å². The van der Waals surface area contributed by atoms with Crippen molar-refractivity contribution in [3.8, 4) is 11.5 Å². The van der Waals surface area contributed by atoms with Crippen LogP contribution in [0.2, 0.25) is 0 Å². The highest BCUT2D eigenvalue weighted by Crippen LogP contribution is 2.22. The zero-order chi connectivity index (χ0) is 9.97. The molecule has 0 unspecified atom stereocenters. The summed E-state index contributed by atoms with van der Waals surface area (Å²) in [5.74, 6) is 2.28. The lowest BCUT2D eigenvalue weighted by molar-refractivity contribution is 0.507. The van der Waals surface area contributed by atoms with E-state index in [0.29, 0.717) is 24.1 Å². The quantitative estimate of drug-likeness (QED) is 0.734. The van der Waals surface area contributed by atoms with Crippen LogP contribution in [0.5, 0.6) is 0 Å². The first-order valence-corrected chi connectivity index (χ1v) is 4.77. The second kappa shape index (κ2) is 3.84. The number of alkyl halides is 1. The Morgan fingerprint density at radius 2 is 2.29 bits per heavy atom. The molecule has 0 spiro atoms. The monoisotopic (exact) mass is 212 g/mol. The third-order valence-corrected chi connectivity index (χ3v) is 2.05. The van der Waals surface area contributed by atoms with E-state index < -0.39 is 0 Å². The van der Waals surface area contributed by atoms with E-state index in [1.54, 1.807) is 12.3 Å². The number of rotatable bonds is 3. The summed E-state index contributed by atoms with van der Waals surface area (Å²) >= 11 is 5.56. The summed E-state index contributed by atoms with van der Waals surface area (Å²) in [5.41, 5.74) is 0.832. The number of nitrogens with zero attached hydrogens (tertiary/aromatic N) is 2. The number of halogens is 1. The fraction of sp³-hybridized carbons (Fsp3) is 0.333. The molecule has 0 bridgehead atoms. The van der Waals surface area contributed by atoms with Crippen molar-refractivity contribution < 1.29 is 8.83 Å². The molecule has 0 aromatic carbocycles. The van der Waals surface area contributed by atoms with Crippen LogP contribution < -0.4 is 0 Å². The van der Waals surface area contributed by atoms with Crippen molar-refractivity contribution in [3.63, 3.8) is 0 Å². The second-order valence-electron chi connectivity index (χ2n) is 2.83. The maximum absolute atomic E-state index is 5.56. The maximum atomic E-state index is 5.56. The first kappa shape index (κ1) is 9.27. The van der Waals surface area contributed by atoms with Gasteiger partial charge in [0, 0.05) is 12.3 Å². The van der Waals surface area contributed by atoms with Gasteiger partial charge in [-0.1, -0.05) is 0 Å². The van der Waals surface area contributed by atoms with Crippen LogP contribution in [0.15, 0.2) is 21.2 Å². The molecule has 14 heavy (non-hydrogen) atoms. The number of hydrogen-bond donors (Lipinski definition) is 0. The second-order valence-corrected chi connectivity index (χ2v) is 3.21. The van der Waals surface area contributed by atoms with Gasteiger partial charge < -0.3 is 8.83 Å². The van der Waals surface area contributed by atoms with Gasteiger partial charge in [0.2, 0.25) is 5.89 Å². The van der Waals surface area contributed by atoms with E-state index in [0.717, 1.165) is 11.3 Å². The van der Waals surface area contributed by atoms with E-state index in [-0.39, 0.29) is 0 Å². The molecule has 5 heteroatoms. The molecule has 0 radical (unpaired) electrons. The highest BCUT2D eigenvalue weighted by molar-refractivity contribution is 6.17. The molecule has 0 aliphatic carbocycles. The Kier molecular flexibility index (Phi) is 2.54. The first-order chi connectivity index (χ1) is 6.81. The van der Waals surface area contributed by atoms with E-state index in [9.17, 15) is 0 Å². The van der Waals surface area contributed by atoms with Crippen LogP contribution in [0, 0.1) is 6.92 Å². The lowest BCUT2D eigenvalue weighted by Crippen LogP contribution is -1.84. The van der Waals surface area contributed by atoms with Gasteiger partial charge in [-0.2, -0.15) is 0 Å². The maximum Gasteiger partial charge on any atom is 0.251 e. The smallest absolute Gasteiger partial charge is 0.251 e. The number of hydrogen-bond acceptors (Lipinski definition) is 4. The van der Waals surface area contributed by atoms with Crippen LogP contribution in [0.25, 0.3) is 11.5 Å². The minimum atomic E-state index is 0.478. The molecule has 0 aliphatic heterocycles. The fourth-order valence-electron chi connectivity index (χ4n) is 1.15. The first-order valence-electron chi connectivity index (χ1n) is 4.24. The summed E-state index contributed by atoms with van der Waals surface area (Å²) < 4.78 is 10.5. The summed E-state index contributed by atoms with van der Waals surface area (Å²) in [4.78, 5) is 0. The van der Waals surface area contributed by atoms with Crippen molar-refractivity contribution in [1.82, 2.24) is 10.2 Å². The van der Waals surface area contributed by atoms with Crippen molar-refractivity contribution >= 4 is 11.6 Å². The van der Waals surface area contributed by atoms with Crippen molar-refractivity contribution in [2.24, 2.45) is 0 Å². The third-order valence-electron chi connectivity index (χ3n) is 1.86. The van der Waals surface area contributed by atoms with E-state index >= 15 is 0 Å². The average Bonchev–Trinajstić information content (AvgIpc) is 2.74. The van der Waals surface area contributed by atoms with Crippen LogP contribution in [0.4, 0.5) is 0 Å². The van der Waals surface area contributed by atoms with Gasteiger partial charge in [0.25, 0.3) is 5.89 Å². The molecule has 2 rings (SSSR count). The molecule has 4 nitrogen and oxygen atoms in total. The van der Waals surface area contributed by atoms with Gasteiger partial charge in [0.05, 0.1) is 11.8 Å². The molecule has 2 aromatic rings. The van der Waals surface area contributed by atoms with Crippen molar-refractivity contribution in [2.45, 2.75) is 13.3 Å². The number of aromatic nitrogens is 2. The Balaban J connectivity index is 2.29. The van der Waals surface area contributed by atoms with Crippen LogP contribution >= 0.6 is 11.6 Å². The highest BCUT2D eigenvalue weighted by atomic mass is 35.5. The topological polar surface area (TPSA) is 52.1 Å². The SMILES string of the molecule is Cc1occc1-c1nnc(CCCl)o1. The predicted molar refractivity (Wildman–Crippen MR) is 51.2 cm³/mol. The molecule has 0 amide bonds. The van der Waals surface area contributed by atoms with Crippen molar-refractivity contribution in [3.05, 3.63) is 24.0 Å². The molecule has 0 saturated carbocycles. The summed E-state index contributed by atoms with van der Waals surface area (Å²) in [6, 6.07) is 1.80. The largest absolute Gasteiger partial charge is 0.469 e. The Bertz CT molecular complexity index is 422. The van der Waals surface area contributed by atoms with E-state index in [4.69, 9.17) is 20.4 Å². The van der Waals surface area contributed by atoms with Crippen LogP contribution in [-0.4, -0.2) is 16.1 Å². The molecule has 2 aromatic heterocycles. The summed E-state index contributed by atoms with van der Waals surface area (Å²) in [5, 5.41) is 7.76. The highest BCUT2D eigenvalue weighted by Gasteiger charge is 2.12. The van der Waals surface area contributed by atoms with Gasteiger partial charge in [-0.15, -0.1) is 21.8 Å². The number of furan rings is 1. The molecule has 0 saturated heterocycles. The zero-order valence-electron chi connectivity index (χ0n) is 7.66. The zero-order valence-corrected chi connectivity index (χ0v) is 8.41. The fourth-order valence-corrected chi connectivity index (χ4v) is 1.31. The van der Waals surface area contributed by atoms with Gasteiger partial charge in [-0.05, 0) is 13.0 Å². The summed E-state index contributed by atoms with van der Waals surface area (Å²) in [6.45, 7) is 1.85. The van der Waals surface area contributed by atoms with Crippen LogP contribution in [0.3, 0.4) is 0 Å². The molecule has 74 valence electrons. The molecule has 2 heterocycles. The van der Waals surface area contributed by atoms with Crippen LogP contribution in [-0.2, 0) is 6.42 Å². The van der Waals surface area contributed by atoms with Crippen molar-refractivity contribution in [2.75, 3.05) is 5.88 Å². The normalized spacial score (nSPS) is 10.7. The average molecular weight is 213 g/mol. The molecule has 0 fully saturated rings. The standard InChI is InChI=1S/C9H9ClN2O2/c1-6-7(3-5-13-6)9-12-11-8(14-9)2-4-10/h3,5H,2,4H2,1H3. The molecule has 0 aliphatic rings. The minimum absolute atomic E-state index is 0.478. The summed E-state index contributed by atoms with van der Waals surface area (Å²) in [6.07, 6.45) is 2.18. The van der Waals surface area contributed by atoms with Crippen LogP contribution in [0.1, 0.15) is 11.7 Å². The molecule has 0 atom stereocenters. The minimum Gasteiger partial charge on any atom is -0.469 e. The third kappa shape index (κ3) is 1.65. The Morgan fingerprint density at radius 1 is 1.43 bits per heavy atom. The number of aryl methyl sites for hydroxylation is 2. The van der Waals surface area contributed by atoms with Gasteiger partial charge >= 0.3 is 0 Å². The molecular formula is C9H9ClN2O2. The van der Waals surface area contributed by atoms with Crippen molar-refractivity contribution in [1.29, 1.82) is 0 Å². The predicted octanol–water partition coefficient (Wildman–Crippen LogP) is 2.42. The Labute approximate surface area is 85.9 Å². The lowest BCUT2D eigenvalue weighted by Gasteiger charge is -1.89.